The molecule has 0 saturated carbocycles. The summed E-state index contributed by atoms with van der Waals surface area (Å²) in [6.07, 6.45) is 1.78. The van der Waals surface area contributed by atoms with Gasteiger partial charge in [0.15, 0.2) is 0 Å². The highest BCUT2D eigenvalue weighted by Crippen LogP contribution is 2.51. The van der Waals surface area contributed by atoms with E-state index in [9.17, 15) is 4.57 Å². The topological polar surface area (TPSA) is 35.5 Å². The van der Waals surface area contributed by atoms with Gasteiger partial charge in [-0.3, -0.25) is 4.57 Å². The van der Waals surface area contributed by atoms with Gasteiger partial charge in [-0.25, -0.2) is 0 Å². The molecule has 0 aromatic carbocycles. The van der Waals surface area contributed by atoms with Crippen LogP contribution in [0.1, 0.15) is 40.5 Å². The Morgan fingerprint density at radius 1 is 1.07 bits per heavy atom. The van der Waals surface area contributed by atoms with Gasteiger partial charge in [0.1, 0.15) is 0 Å². The van der Waals surface area contributed by atoms with Crippen molar-refractivity contribution in [2.45, 2.75) is 40.5 Å². The van der Waals surface area contributed by atoms with Crippen LogP contribution in [0.15, 0.2) is 11.4 Å². The number of hydrogen-bond acceptors (Lipinski definition) is 3. The maximum atomic E-state index is 12.0. The second-order valence-electron chi connectivity index (χ2n) is 2.87. The Morgan fingerprint density at radius 3 is 1.79 bits per heavy atom. The predicted molar refractivity (Wildman–Crippen MR) is 59.5 cm³/mol. The Kier molecular flexibility index (Phi) is 7.16. The molecule has 0 saturated heterocycles. The summed E-state index contributed by atoms with van der Waals surface area (Å²) in [5, 5.41) is 0. The highest BCUT2D eigenvalue weighted by atomic mass is 31.2. The molecule has 0 atom stereocenters. The van der Waals surface area contributed by atoms with Crippen LogP contribution in [0.4, 0.5) is 0 Å². The Balaban J connectivity index is 4.64. The van der Waals surface area contributed by atoms with Crippen LogP contribution in [0.5, 0.6) is 0 Å². The molecule has 0 N–H and O–H groups in total. The fourth-order valence-electron chi connectivity index (χ4n) is 1.13. The molecule has 0 aliphatic carbocycles. The van der Waals surface area contributed by atoms with Crippen LogP contribution in [0.25, 0.3) is 0 Å². The first kappa shape index (κ1) is 13.9. The molecule has 0 aliphatic rings. The maximum absolute atomic E-state index is 12.0. The van der Waals surface area contributed by atoms with Crippen molar-refractivity contribution in [2.75, 3.05) is 13.2 Å². The highest BCUT2D eigenvalue weighted by Gasteiger charge is 2.20. The van der Waals surface area contributed by atoms with Crippen LogP contribution in [0.3, 0.4) is 0 Å². The molecule has 84 valence electrons. The zero-order chi connectivity index (χ0) is 11.0. The SMILES string of the molecule is CCOP(=O)(C=C(CC)CC)OCC. The van der Waals surface area contributed by atoms with Crippen LogP contribution in [-0.2, 0) is 13.6 Å². The fraction of sp³-hybridized carbons (Fsp3) is 0.800. The largest absolute Gasteiger partial charge is 0.354 e. The lowest BCUT2D eigenvalue weighted by molar-refractivity contribution is 0.228. The molecule has 0 radical (unpaired) electrons. The van der Waals surface area contributed by atoms with Crippen molar-refractivity contribution in [3.05, 3.63) is 11.4 Å². The first-order valence-electron chi connectivity index (χ1n) is 5.21. The molecular weight excluding hydrogens is 199 g/mol. The van der Waals surface area contributed by atoms with Gasteiger partial charge >= 0.3 is 7.60 Å². The van der Waals surface area contributed by atoms with Gasteiger partial charge in [0.2, 0.25) is 0 Å². The standard InChI is InChI=1S/C10H21O3P/c1-5-10(6-2)9-14(11,12-7-3)13-8-4/h9H,5-8H2,1-4H3. The van der Waals surface area contributed by atoms with Crippen LogP contribution < -0.4 is 0 Å². The van der Waals surface area contributed by atoms with Gasteiger partial charge in [-0.15, -0.1) is 0 Å². The maximum Gasteiger partial charge on any atom is 0.354 e. The zero-order valence-corrected chi connectivity index (χ0v) is 10.5. The third kappa shape index (κ3) is 4.94. The van der Waals surface area contributed by atoms with Gasteiger partial charge in [-0.05, 0) is 26.7 Å². The van der Waals surface area contributed by atoms with Crippen molar-refractivity contribution in [2.24, 2.45) is 0 Å². The molecule has 0 aromatic rings. The number of rotatable bonds is 7. The Morgan fingerprint density at radius 2 is 1.50 bits per heavy atom. The predicted octanol–water partition coefficient (Wildman–Crippen LogP) is 3.96. The fourth-order valence-corrected chi connectivity index (χ4v) is 2.88. The molecule has 0 spiro atoms. The van der Waals surface area contributed by atoms with E-state index >= 15 is 0 Å². The number of allylic oxidation sites excluding steroid dienone is 1. The lowest BCUT2D eigenvalue weighted by Gasteiger charge is -2.14. The van der Waals surface area contributed by atoms with Crippen LogP contribution in [-0.4, -0.2) is 13.2 Å². The Labute approximate surface area is 87.0 Å². The van der Waals surface area contributed by atoms with Gasteiger partial charge in [-0.1, -0.05) is 19.4 Å². The van der Waals surface area contributed by atoms with Crippen molar-refractivity contribution in [3.8, 4) is 0 Å². The van der Waals surface area contributed by atoms with Crippen LogP contribution in [0.2, 0.25) is 0 Å². The van der Waals surface area contributed by atoms with Crippen LogP contribution >= 0.6 is 7.60 Å². The van der Waals surface area contributed by atoms with E-state index in [4.69, 9.17) is 9.05 Å². The summed E-state index contributed by atoms with van der Waals surface area (Å²) < 4.78 is 22.3. The lowest BCUT2D eigenvalue weighted by Crippen LogP contribution is -1.94. The third-order valence-electron chi connectivity index (χ3n) is 1.87. The van der Waals surface area contributed by atoms with Gasteiger partial charge in [0, 0.05) is 5.82 Å². The summed E-state index contributed by atoms with van der Waals surface area (Å²) >= 11 is 0. The molecule has 0 heterocycles. The monoisotopic (exact) mass is 220 g/mol. The average molecular weight is 220 g/mol. The van der Waals surface area contributed by atoms with Crippen molar-refractivity contribution >= 4 is 7.60 Å². The summed E-state index contributed by atoms with van der Waals surface area (Å²) in [4.78, 5) is 0. The molecule has 0 bridgehead atoms. The molecule has 14 heavy (non-hydrogen) atoms. The minimum atomic E-state index is -2.97. The normalized spacial score (nSPS) is 11.4. The third-order valence-corrected chi connectivity index (χ3v) is 3.78. The minimum Gasteiger partial charge on any atom is -0.306 e. The Bertz CT molecular complexity index is 207. The molecule has 0 aliphatic heterocycles. The van der Waals surface area contributed by atoms with Gasteiger partial charge in [0.05, 0.1) is 13.2 Å². The molecule has 0 rings (SSSR count). The first-order chi connectivity index (χ1) is 6.61. The van der Waals surface area contributed by atoms with E-state index in [0.29, 0.717) is 13.2 Å². The van der Waals surface area contributed by atoms with Crippen LogP contribution in [0, 0.1) is 0 Å². The van der Waals surface area contributed by atoms with Gasteiger partial charge in [0.25, 0.3) is 0 Å². The molecule has 0 amide bonds. The van der Waals surface area contributed by atoms with E-state index < -0.39 is 7.60 Å². The summed E-state index contributed by atoms with van der Waals surface area (Å²) in [7, 11) is -2.97. The number of hydrogen-bond donors (Lipinski definition) is 0. The van der Waals surface area contributed by atoms with Crippen molar-refractivity contribution in [1.29, 1.82) is 0 Å². The smallest absolute Gasteiger partial charge is 0.306 e. The first-order valence-corrected chi connectivity index (χ1v) is 6.82. The van der Waals surface area contributed by atoms with Crippen molar-refractivity contribution in [1.82, 2.24) is 0 Å². The average Bonchev–Trinajstić information content (AvgIpc) is 2.15. The summed E-state index contributed by atoms with van der Waals surface area (Å²) in [5.41, 5.74) is 1.12. The van der Waals surface area contributed by atoms with Gasteiger partial charge < -0.3 is 9.05 Å². The minimum absolute atomic E-state index is 0.411. The second-order valence-corrected chi connectivity index (χ2v) is 4.72. The van der Waals surface area contributed by atoms with Crippen molar-refractivity contribution in [3.63, 3.8) is 0 Å². The highest BCUT2D eigenvalue weighted by molar-refractivity contribution is 7.57. The Hall–Kier alpha value is -0.110. The zero-order valence-electron chi connectivity index (χ0n) is 9.58. The van der Waals surface area contributed by atoms with Crippen molar-refractivity contribution < 1.29 is 13.6 Å². The second kappa shape index (κ2) is 7.22. The summed E-state index contributed by atoms with van der Waals surface area (Å²) in [6, 6.07) is 0. The molecule has 0 aromatic heterocycles. The molecule has 4 heteroatoms. The van der Waals surface area contributed by atoms with Gasteiger partial charge in [-0.2, -0.15) is 0 Å². The summed E-state index contributed by atoms with van der Waals surface area (Å²) in [6.45, 7) is 8.53. The quantitative estimate of drug-likeness (QED) is 0.609. The van der Waals surface area contributed by atoms with E-state index in [0.717, 1.165) is 18.4 Å². The molecular formula is C10H21O3P. The van der Waals surface area contributed by atoms with E-state index in [1.165, 1.54) is 0 Å². The van der Waals surface area contributed by atoms with E-state index in [1.807, 2.05) is 27.7 Å². The van der Waals surface area contributed by atoms with E-state index in [-0.39, 0.29) is 0 Å². The molecule has 3 nitrogen and oxygen atoms in total. The molecule has 0 fully saturated rings. The van der Waals surface area contributed by atoms with E-state index in [1.54, 1.807) is 5.82 Å². The molecule has 0 unspecified atom stereocenters. The van der Waals surface area contributed by atoms with E-state index in [2.05, 4.69) is 0 Å². The summed E-state index contributed by atoms with van der Waals surface area (Å²) in [5.74, 6) is 1.67. The lowest BCUT2D eigenvalue weighted by atomic mass is 10.2.